The molecule has 3 aromatic heterocycles. The lowest BCUT2D eigenvalue weighted by molar-refractivity contribution is -0.0845. The van der Waals surface area contributed by atoms with Crippen molar-refractivity contribution >= 4 is 39.2 Å². The molecule has 12 nitrogen and oxygen atoms in total. The molecule has 0 amide bonds. The average Bonchev–Trinajstić information content (AvgIpc) is 3.71. The fraction of sp³-hybridized carbons (Fsp3) is 0.611. The molecule has 2 saturated heterocycles. The molecule has 4 fully saturated rings. The van der Waals surface area contributed by atoms with Crippen LogP contribution in [0.1, 0.15) is 50.5 Å². The number of piperidine rings is 1. The highest BCUT2D eigenvalue weighted by Crippen LogP contribution is 2.51. The number of benzene rings is 1. The van der Waals surface area contributed by atoms with E-state index in [-0.39, 0.29) is 66.0 Å². The van der Waals surface area contributed by atoms with Crippen LogP contribution in [0.15, 0.2) is 12.3 Å². The highest BCUT2D eigenvalue weighted by atomic mass is 35.5. The predicted molar refractivity (Wildman–Crippen MR) is 188 cm³/mol. The summed E-state index contributed by atoms with van der Waals surface area (Å²) in [6.45, 7) is 2.28. The van der Waals surface area contributed by atoms with Gasteiger partial charge in [-0.25, -0.2) is 13.8 Å². The number of halogens is 3. The van der Waals surface area contributed by atoms with Gasteiger partial charge in [0.15, 0.2) is 5.82 Å². The first-order chi connectivity index (χ1) is 24.7. The largest absolute Gasteiger partial charge is 0.480 e. The molecule has 2 aliphatic heterocycles. The molecule has 51 heavy (non-hydrogen) atoms. The number of aryl methyl sites for hydroxylation is 1. The van der Waals surface area contributed by atoms with Gasteiger partial charge in [-0.15, -0.1) is 0 Å². The van der Waals surface area contributed by atoms with Crippen molar-refractivity contribution in [1.29, 1.82) is 0 Å². The summed E-state index contributed by atoms with van der Waals surface area (Å²) in [6.07, 6.45) is 9.27. The predicted octanol–water partition coefficient (Wildman–Crippen LogP) is 5.41. The second-order valence-corrected chi connectivity index (χ2v) is 15.1. The third kappa shape index (κ3) is 5.96. The van der Waals surface area contributed by atoms with E-state index in [0.29, 0.717) is 51.8 Å². The minimum Gasteiger partial charge on any atom is -0.480 e. The Bertz CT molecular complexity index is 1950. The smallest absolute Gasteiger partial charge is 0.319 e. The summed E-state index contributed by atoms with van der Waals surface area (Å²) in [4.78, 5) is 18.5. The van der Waals surface area contributed by atoms with Gasteiger partial charge in [-0.1, -0.05) is 18.0 Å². The van der Waals surface area contributed by atoms with Gasteiger partial charge in [0.25, 0.3) is 0 Å². The summed E-state index contributed by atoms with van der Waals surface area (Å²) in [6, 6.07) is 2.69. The van der Waals surface area contributed by atoms with Gasteiger partial charge >= 0.3 is 6.01 Å². The molecule has 0 spiro atoms. The molecule has 1 aromatic carbocycles. The van der Waals surface area contributed by atoms with Crippen LogP contribution in [0.2, 0.25) is 5.02 Å². The number of ether oxygens (including phenoxy) is 4. The third-order valence-electron chi connectivity index (χ3n) is 11.6. The van der Waals surface area contributed by atoms with E-state index in [2.05, 4.69) is 20.1 Å². The van der Waals surface area contributed by atoms with Crippen molar-refractivity contribution in [2.75, 3.05) is 65.2 Å². The maximum Gasteiger partial charge on any atom is 0.319 e. The Balaban J connectivity index is 1.24. The molecule has 4 aliphatic rings. The number of hydrogen-bond donors (Lipinski definition) is 2. The van der Waals surface area contributed by atoms with Gasteiger partial charge in [0.05, 0.1) is 56.3 Å². The first kappa shape index (κ1) is 34.6. The minimum atomic E-state index is -1.80. The molecule has 2 saturated carbocycles. The van der Waals surface area contributed by atoms with Crippen molar-refractivity contribution in [1.82, 2.24) is 30.0 Å². The number of alkyl halides is 1. The molecule has 15 heteroatoms. The fourth-order valence-electron chi connectivity index (χ4n) is 8.91. The zero-order valence-corrected chi connectivity index (χ0v) is 29.9. The van der Waals surface area contributed by atoms with E-state index in [0.717, 1.165) is 51.5 Å². The summed E-state index contributed by atoms with van der Waals surface area (Å²) >= 11 is 6.84. The maximum atomic E-state index is 17.2. The molecule has 3 atom stereocenters. The Hall–Kier alpha value is -3.43. The highest BCUT2D eigenvalue weighted by Gasteiger charge is 2.52. The van der Waals surface area contributed by atoms with Gasteiger partial charge in [0.2, 0.25) is 5.88 Å². The lowest BCUT2D eigenvalue weighted by Gasteiger charge is -2.53. The zero-order valence-electron chi connectivity index (χ0n) is 29.2. The monoisotopic (exact) mass is 727 g/mol. The maximum absolute atomic E-state index is 17.2. The normalized spacial score (nSPS) is 28.5. The van der Waals surface area contributed by atoms with Crippen LogP contribution in [0.4, 0.5) is 14.6 Å². The summed E-state index contributed by atoms with van der Waals surface area (Å²) in [5.74, 6) is -0.505. The summed E-state index contributed by atoms with van der Waals surface area (Å²) in [5, 5.41) is 19.2. The number of nitrogens with one attached hydrogen (secondary N) is 1. The Morgan fingerprint density at radius 1 is 1.16 bits per heavy atom. The Kier molecular flexibility index (Phi) is 9.19. The number of aliphatic hydroxyl groups is 1. The van der Waals surface area contributed by atoms with Crippen molar-refractivity contribution in [3.8, 4) is 23.1 Å². The molecule has 4 aromatic rings. The summed E-state index contributed by atoms with van der Waals surface area (Å²) in [7, 11) is 3.21. The number of likely N-dealkylation sites (tertiary alicyclic amines) is 1. The zero-order chi connectivity index (χ0) is 35.5. The van der Waals surface area contributed by atoms with Gasteiger partial charge in [-0.2, -0.15) is 15.1 Å². The van der Waals surface area contributed by atoms with Crippen molar-refractivity contribution in [3.63, 3.8) is 0 Å². The number of anilines is 1. The van der Waals surface area contributed by atoms with Crippen LogP contribution in [0, 0.1) is 18.2 Å². The molecule has 0 bridgehead atoms. The lowest BCUT2D eigenvalue weighted by atomic mass is 9.73. The fourth-order valence-corrected chi connectivity index (χ4v) is 9.15. The number of methoxy groups -OCH3 is 2. The number of β-amino-alcohol motifs (C(OH)–C–C–N with tert-alkyl or cyclic N) is 1. The third-order valence-corrected chi connectivity index (χ3v) is 12.1. The lowest BCUT2D eigenvalue weighted by Crippen LogP contribution is -2.59. The van der Waals surface area contributed by atoms with Gasteiger partial charge in [0.1, 0.15) is 34.7 Å². The number of aromatic nitrogens is 5. The molecule has 2 aliphatic carbocycles. The molecule has 0 unspecified atom stereocenters. The van der Waals surface area contributed by atoms with E-state index >= 15 is 4.39 Å². The van der Waals surface area contributed by atoms with Crippen molar-refractivity contribution in [2.24, 2.45) is 5.41 Å². The number of nitrogens with zero attached hydrogens (tertiary/aromatic N) is 6. The van der Waals surface area contributed by atoms with E-state index < -0.39 is 18.1 Å². The minimum absolute atomic E-state index is 0.0198. The van der Waals surface area contributed by atoms with E-state index in [1.165, 1.54) is 7.11 Å². The van der Waals surface area contributed by atoms with Crippen LogP contribution in [-0.4, -0.2) is 119 Å². The number of aromatic amines is 1. The van der Waals surface area contributed by atoms with Crippen molar-refractivity contribution in [2.45, 2.75) is 75.7 Å². The van der Waals surface area contributed by atoms with Crippen LogP contribution in [0.3, 0.4) is 0 Å². The number of H-pyrrole nitrogens is 1. The van der Waals surface area contributed by atoms with E-state index in [1.54, 1.807) is 18.2 Å². The molecule has 8 rings (SSSR count). The number of rotatable bonds is 9. The number of pyridine rings is 1. The van der Waals surface area contributed by atoms with Gasteiger partial charge in [0, 0.05) is 42.1 Å². The number of fused-ring (bicyclic) bond motifs is 3. The average molecular weight is 728 g/mol. The topological polar surface area (TPSA) is 131 Å². The molecule has 274 valence electrons. The SMILES string of the molecule is COc1nc(-c2c(Cl)c(C)cc3[nH]ncc23)c(F)c2nc(OC[C@]34CCC[C@H]3N(C3CC(OC)C3)CCC4)nc(N3CCOC[C@](O)(CF)C3)c12. The van der Waals surface area contributed by atoms with Crippen molar-refractivity contribution in [3.05, 3.63) is 28.7 Å². The molecule has 2 N–H and O–H groups in total. The Morgan fingerprint density at radius 3 is 2.76 bits per heavy atom. The Morgan fingerprint density at radius 2 is 1.98 bits per heavy atom. The molecular weight excluding hydrogens is 684 g/mol. The summed E-state index contributed by atoms with van der Waals surface area (Å²) in [5.41, 5.74) is -0.341. The van der Waals surface area contributed by atoms with Crippen LogP contribution in [0.5, 0.6) is 11.9 Å². The standard InChI is InChI=1S/C36H44ClF2N7O5/c1-20-12-24-23(15-40-44-24)26(28(20)37)30-29(39)31-27(33(41-30)49-3)32(45-10-11-50-19-36(47,16-38)17-45)43-34(42-31)51-18-35-7-4-6-25(35)46(9-5-8-35)21-13-22(14-21)48-2/h12,15,21-22,25,47H,4-11,13-14,16-19H2,1-3H3,(H,40,44)/t21?,22?,25-,35-,36+/m1/s1. The van der Waals surface area contributed by atoms with Gasteiger partial charge < -0.3 is 29.0 Å². The second-order valence-electron chi connectivity index (χ2n) is 14.8. The van der Waals surface area contributed by atoms with Crippen LogP contribution >= 0.6 is 11.6 Å². The first-order valence-electron chi connectivity index (χ1n) is 17.8. The van der Waals surface area contributed by atoms with E-state index in [1.807, 2.05) is 13.0 Å². The van der Waals surface area contributed by atoms with Crippen LogP contribution < -0.4 is 14.4 Å². The van der Waals surface area contributed by atoms with E-state index in [4.69, 9.17) is 40.5 Å². The second kappa shape index (κ2) is 13.5. The van der Waals surface area contributed by atoms with Crippen LogP contribution in [-0.2, 0) is 9.47 Å². The van der Waals surface area contributed by atoms with Gasteiger partial charge in [-0.3, -0.25) is 10.00 Å². The van der Waals surface area contributed by atoms with Gasteiger partial charge in [-0.05, 0) is 63.6 Å². The molecule has 5 heterocycles. The molecule has 0 radical (unpaired) electrons. The van der Waals surface area contributed by atoms with E-state index in [9.17, 15) is 9.50 Å². The highest BCUT2D eigenvalue weighted by molar-refractivity contribution is 6.35. The summed E-state index contributed by atoms with van der Waals surface area (Å²) < 4.78 is 54.9. The van der Waals surface area contributed by atoms with Crippen molar-refractivity contribution < 1.29 is 32.8 Å². The first-order valence-corrected chi connectivity index (χ1v) is 18.2. The molecular formula is C36H44ClF2N7O5. The van der Waals surface area contributed by atoms with Crippen LogP contribution in [0.25, 0.3) is 33.1 Å². The Labute approximate surface area is 299 Å². The number of hydrogen-bond acceptors (Lipinski definition) is 11. The quantitative estimate of drug-likeness (QED) is 0.230.